The summed E-state index contributed by atoms with van der Waals surface area (Å²) in [6.07, 6.45) is -6.31. The molecular weight excluding hydrogens is 375 g/mol. The average Bonchev–Trinajstić information content (AvgIpc) is 2.12. The van der Waals surface area contributed by atoms with E-state index in [0.717, 1.165) is 0 Å². The maximum atomic E-state index is 9.15. The average molecular weight is 389 g/mol. The molecule has 78 valence electrons. The second-order valence-corrected chi connectivity index (χ2v) is 5.37. The molecule has 0 fully saturated rings. The van der Waals surface area contributed by atoms with Crippen molar-refractivity contribution in [2.45, 2.75) is 28.1 Å². The molecule has 0 saturated heterocycles. The van der Waals surface area contributed by atoms with Crippen molar-refractivity contribution in [2.75, 3.05) is 6.61 Å². The summed E-state index contributed by atoms with van der Waals surface area (Å²) in [6.45, 7) is -0.718. The fourth-order valence-corrected chi connectivity index (χ4v) is 1.62. The minimum absolute atomic E-state index is 0.0353. The first-order valence-electron chi connectivity index (χ1n) is 3.68. The number of aliphatic hydroxyl groups is 6. The van der Waals surface area contributed by atoms with E-state index < -0.39 is 34.7 Å². The summed E-state index contributed by atoms with van der Waals surface area (Å²) in [6, 6.07) is 0. The Kier molecular flexibility index (Phi) is 6.55. The molecule has 0 heterocycles. The van der Waals surface area contributed by atoms with Crippen molar-refractivity contribution in [2.24, 2.45) is 0 Å². The summed E-state index contributed by atoms with van der Waals surface area (Å²) in [5.74, 6) is 0. The van der Waals surface area contributed by atoms with Gasteiger partial charge in [0, 0.05) is 0 Å². The molecule has 0 aliphatic heterocycles. The second-order valence-electron chi connectivity index (χ2n) is 2.71. The van der Waals surface area contributed by atoms with Crippen LogP contribution in [-0.2, 0) is 0 Å². The van der Waals surface area contributed by atoms with Gasteiger partial charge in [0.25, 0.3) is 0 Å². The van der Waals surface area contributed by atoms with Crippen LogP contribution in [0.5, 0.6) is 0 Å². The van der Waals surface area contributed by atoms with Crippen molar-refractivity contribution in [3.8, 4) is 0 Å². The van der Waals surface area contributed by atoms with E-state index >= 15 is 0 Å². The van der Waals surface area contributed by atoms with Crippen LogP contribution in [0, 0.1) is 0 Å². The van der Waals surface area contributed by atoms with Gasteiger partial charge in [0.05, 0.1) is 0 Å². The predicted octanol–water partition coefficient (Wildman–Crippen LogP) is -4.36. The van der Waals surface area contributed by atoms with Crippen LogP contribution in [0.4, 0.5) is 0 Å². The molecule has 6 nitrogen and oxygen atoms in total. The van der Waals surface area contributed by atoms with Crippen molar-refractivity contribution in [1.82, 2.24) is 0 Å². The molecule has 2 radical (unpaired) electrons. The summed E-state index contributed by atoms with van der Waals surface area (Å²) >= 11 is 0.0353. The summed E-state index contributed by atoms with van der Waals surface area (Å²) in [5.41, 5.74) is 0. The Morgan fingerprint density at radius 3 is 1.62 bits per heavy atom. The van der Waals surface area contributed by atoms with Crippen LogP contribution >= 0.6 is 0 Å². The molecule has 6 N–H and O–H groups in total. The van der Waals surface area contributed by atoms with Crippen LogP contribution in [0.25, 0.3) is 0 Å². The van der Waals surface area contributed by atoms with Crippen LogP contribution in [0.2, 0.25) is 0 Å². The van der Waals surface area contributed by atoms with Gasteiger partial charge in [-0.25, -0.2) is 0 Å². The first kappa shape index (κ1) is 13.7. The second kappa shape index (κ2) is 6.22. The molecule has 13 heavy (non-hydrogen) atoms. The standard InChI is InChI=1S/C6H13O6.Pb.H/c7-1-3(9)5(11)6(12)4(10)2-8;;/h1,3-12H,2H2;;/t3-,4-,5-,6-;;/m1../s1. The monoisotopic (exact) mass is 390 g/mol. The molecular formula is C6H14O6Pb. The molecule has 0 aromatic rings. The molecule has 0 amide bonds. The van der Waals surface area contributed by atoms with E-state index in [4.69, 9.17) is 30.6 Å². The Hall–Kier alpha value is 0.682. The van der Waals surface area contributed by atoms with E-state index in [1.165, 1.54) is 0 Å². The Morgan fingerprint density at radius 1 is 0.846 bits per heavy atom. The van der Waals surface area contributed by atoms with Crippen LogP contribution in [0.15, 0.2) is 0 Å². The van der Waals surface area contributed by atoms with Gasteiger partial charge in [0.2, 0.25) is 0 Å². The summed E-state index contributed by atoms with van der Waals surface area (Å²) in [5, 5.41) is 53.6. The third-order valence-electron chi connectivity index (χ3n) is 1.63. The number of aliphatic hydroxyl groups excluding tert-OH is 6. The van der Waals surface area contributed by atoms with Crippen LogP contribution in [-0.4, -0.2) is 91.1 Å². The fraction of sp³-hybridized carbons (Fsp3) is 1.00. The van der Waals surface area contributed by atoms with E-state index in [-0.39, 0.29) is 25.8 Å². The van der Waals surface area contributed by atoms with Gasteiger partial charge in [-0.05, 0) is 0 Å². The Morgan fingerprint density at radius 2 is 1.31 bits per heavy atom. The number of rotatable bonds is 5. The summed E-state index contributed by atoms with van der Waals surface area (Å²) in [7, 11) is 0. The molecule has 0 aromatic heterocycles. The molecule has 0 spiro atoms. The van der Waals surface area contributed by atoms with E-state index in [1.54, 1.807) is 0 Å². The van der Waals surface area contributed by atoms with E-state index in [0.29, 0.717) is 0 Å². The van der Waals surface area contributed by atoms with Gasteiger partial charge in [-0.1, -0.05) is 0 Å². The van der Waals surface area contributed by atoms with E-state index in [2.05, 4.69) is 0 Å². The van der Waals surface area contributed by atoms with Crippen LogP contribution in [0.3, 0.4) is 0 Å². The van der Waals surface area contributed by atoms with Gasteiger partial charge in [0.15, 0.2) is 0 Å². The van der Waals surface area contributed by atoms with Gasteiger partial charge < -0.3 is 0 Å². The van der Waals surface area contributed by atoms with Crippen molar-refractivity contribution in [1.29, 1.82) is 0 Å². The van der Waals surface area contributed by atoms with E-state index in [9.17, 15) is 0 Å². The zero-order valence-electron chi connectivity index (χ0n) is 6.85. The maximum absolute atomic E-state index is 9.15. The van der Waals surface area contributed by atoms with Gasteiger partial charge in [-0.15, -0.1) is 0 Å². The normalized spacial score (nSPS) is 23.3. The van der Waals surface area contributed by atoms with Crippen molar-refractivity contribution in [3.63, 3.8) is 0 Å². The summed E-state index contributed by atoms with van der Waals surface area (Å²) in [4.78, 5) is 0. The van der Waals surface area contributed by atoms with Crippen LogP contribution in [0.1, 0.15) is 0 Å². The third kappa shape index (κ3) is 4.15. The zero-order valence-corrected chi connectivity index (χ0v) is 11.3. The molecule has 1 unspecified atom stereocenters. The molecule has 0 aromatic carbocycles. The van der Waals surface area contributed by atoms with Crippen molar-refractivity contribution >= 4 is 25.8 Å². The SMILES string of the molecule is OC[C@@H](O)[C@@H](O)[C@H](O)[C@H](O)[CH](O)[PbH]. The predicted molar refractivity (Wildman–Crippen MR) is 44.3 cm³/mol. The van der Waals surface area contributed by atoms with Gasteiger partial charge in [-0.2, -0.15) is 0 Å². The first-order chi connectivity index (χ1) is 5.91. The molecule has 0 aliphatic rings. The van der Waals surface area contributed by atoms with Crippen molar-refractivity contribution < 1.29 is 30.6 Å². The molecule has 5 atom stereocenters. The molecule has 0 rings (SSSR count). The molecule has 7 heteroatoms. The quantitative estimate of drug-likeness (QED) is 0.265. The zero-order chi connectivity index (χ0) is 10.6. The number of hydrogen-bond acceptors (Lipinski definition) is 6. The van der Waals surface area contributed by atoms with Gasteiger partial charge in [-0.3, -0.25) is 0 Å². The fourth-order valence-electron chi connectivity index (χ4n) is 0.740. The number of hydrogen-bond donors (Lipinski definition) is 6. The Labute approximate surface area is 91.1 Å². The Balaban J connectivity index is 4.15. The first-order valence-corrected chi connectivity index (χ1v) is 6.27. The topological polar surface area (TPSA) is 121 Å². The summed E-state index contributed by atoms with van der Waals surface area (Å²) < 4.78 is -1.06. The third-order valence-corrected chi connectivity index (χ3v) is 3.16. The van der Waals surface area contributed by atoms with Crippen molar-refractivity contribution in [3.05, 3.63) is 0 Å². The van der Waals surface area contributed by atoms with Gasteiger partial charge in [0.1, 0.15) is 0 Å². The Bertz CT molecular complexity index is 143. The molecule has 0 saturated carbocycles. The van der Waals surface area contributed by atoms with E-state index in [1.807, 2.05) is 0 Å². The van der Waals surface area contributed by atoms with Gasteiger partial charge >= 0.3 is 91.1 Å². The molecule has 0 bridgehead atoms. The minimum atomic E-state index is -1.66. The van der Waals surface area contributed by atoms with Crippen LogP contribution < -0.4 is 0 Å². The molecule has 0 aliphatic carbocycles.